The number of hydrogen-bond donors (Lipinski definition) is 2. The van der Waals surface area contributed by atoms with Crippen LogP contribution >= 0.6 is 0 Å². The predicted octanol–water partition coefficient (Wildman–Crippen LogP) is 3.42. The number of anilines is 1. The van der Waals surface area contributed by atoms with Gasteiger partial charge in [-0.05, 0) is 22.9 Å². The average molecular weight is 398 g/mol. The van der Waals surface area contributed by atoms with Gasteiger partial charge in [-0.15, -0.1) is 0 Å². The van der Waals surface area contributed by atoms with Crippen molar-refractivity contribution in [2.75, 3.05) is 11.9 Å². The normalized spacial score (nSPS) is 11.9. The molecular weight excluding hydrogens is 376 g/mol. The van der Waals surface area contributed by atoms with Crippen LogP contribution in [-0.4, -0.2) is 37.3 Å². The van der Waals surface area contributed by atoms with Gasteiger partial charge in [-0.3, -0.25) is 0 Å². The molecule has 0 unspecified atom stereocenters. The molecule has 0 fully saturated rings. The maximum absolute atomic E-state index is 9.81. The molecule has 2 N–H and O–H groups in total. The van der Waals surface area contributed by atoms with Crippen molar-refractivity contribution < 1.29 is 5.11 Å². The van der Waals surface area contributed by atoms with E-state index in [0.29, 0.717) is 25.3 Å². The third kappa shape index (κ3) is 4.62. The monoisotopic (exact) mass is 398 g/mol. The highest BCUT2D eigenvalue weighted by Crippen LogP contribution is 2.23. The first-order chi connectivity index (χ1) is 14.7. The third-order valence-electron chi connectivity index (χ3n) is 4.88. The Morgan fingerprint density at radius 3 is 2.80 bits per heavy atom. The number of aromatic nitrogens is 4. The molecule has 0 aliphatic heterocycles. The number of benzene rings is 2. The molecule has 1 atom stereocenters. The number of hydrogen-bond acceptors (Lipinski definition) is 6. The van der Waals surface area contributed by atoms with Gasteiger partial charge in [0.05, 0.1) is 42.9 Å². The minimum Gasteiger partial charge on any atom is -0.394 e. The number of nitriles is 1. The second-order valence-electron chi connectivity index (χ2n) is 7.07. The summed E-state index contributed by atoms with van der Waals surface area (Å²) in [6.45, 7) is 0.534. The largest absolute Gasteiger partial charge is 0.394 e. The molecule has 150 valence electrons. The lowest BCUT2D eigenvalue weighted by Gasteiger charge is -2.15. The number of aliphatic hydroxyl groups excluding tert-OH is 1. The molecule has 0 aliphatic carbocycles. The van der Waals surface area contributed by atoms with Crippen molar-refractivity contribution >= 4 is 16.7 Å². The molecule has 0 saturated carbocycles. The maximum atomic E-state index is 9.81. The Morgan fingerprint density at radius 1 is 1.10 bits per heavy atom. The van der Waals surface area contributed by atoms with E-state index >= 15 is 0 Å². The van der Waals surface area contributed by atoms with E-state index in [-0.39, 0.29) is 12.6 Å². The van der Waals surface area contributed by atoms with Crippen LogP contribution in [0.3, 0.4) is 0 Å². The maximum Gasteiger partial charge on any atom is 0.223 e. The van der Waals surface area contributed by atoms with Crippen molar-refractivity contribution in [1.29, 1.82) is 5.26 Å². The summed E-state index contributed by atoms with van der Waals surface area (Å²) in [7, 11) is 0. The second kappa shape index (κ2) is 9.16. The Kier molecular flexibility index (Phi) is 5.97. The van der Waals surface area contributed by atoms with Crippen molar-refractivity contribution in [3.8, 4) is 17.3 Å². The van der Waals surface area contributed by atoms with Crippen LogP contribution < -0.4 is 5.32 Å². The zero-order valence-electron chi connectivity index (χ0n) is 16.4. The number of imidazole rings is 1. The van der Waals surface area contributed by atoms with Crippen molar-refractivity contribution in [2.45, 2.75) is 25.4 Å². The van der Waals surface area contributed by atoms with Crippen LogP contribution in [0.2, 0.25) is 0 Å². The first kappa shape index (κ1) is 19.6. The van der Waals surface area contributed by atoms with Crippen molar-refractivity contribution in [1.82, 2.24) is 19.5 Å². The van der Waals surface area contributed by atoms with Gasteiger partial charge in [0, 0.05) is 30.9 Å². The zero-order chi connectivity index (χ0) is 20.8. The predicted molar refractivity (Wildman–Crippen MR) is 116 cm³/mol. The standard InChI is InChI=1S/C23H22N6O/c24-9-3-11-29-14-20(26-16-29)13-21(15-30)27-23-25-10-8-22(28-23)19-7-6-17-4-1-2-5-18(17)12-19/h1-2,4-8,10,12,14,16,21,30H,3,11,13,15H2,(H,25,27,28)/t21-/m0/s1. The molecule has 0 amide bonds. The van der Waals surface area contributed by atoms with E-state index in [1.165, 1.54) is 5.39 Å². The van der Waals surface area contributed by atoms with Crippen LogP contribution in [0.15, 0.2) is 67.3 Å². The van der Waals surface area contributed by atoms with E-state index in [1.54, 1.807) is 12.5 Å². The summed E-state index contributed by atoms with van der Waals surface area (Å²) in [6.07, 6.45) is 6.28. The van der Waals surface area contributed by atoms with E-state index in [4.69, 9.17) is 5.26 Å². The molecule has 7 nitrogen and oxygen atoms in total. The van der Waals surface area contributed by atoms with Crippen molar-refractivity contribution in [3.05, 3.63) is 72.9 Å². The van der Waals surface area contributed by atoms with E-state index < -0.39 is 0 Å². The van der Waals surface area contributed by atoms with Gasteiger partial charge in [0.25, 0.3) is 0 Å². The molecule has 0 radical (unpaired) electrons. The molecular formula is C23H22N6O. The lowest BCUT2D eigenvalue weighted by Crippen LogP contribution is -2.27. The summed E-state index contributed by atoms with van der Waals surface area (Å²) < 4.78 is 1.88. The van der Waals surface area contributed by atoms with E-state index in [9.17, 15) is 5.11 Å². The quantitative estimate of drug-likeness (QED) is 0.472. The second-order valence-corrected chi connectivity index (χ2v) is 7.07. The van der Waals surface area contributed by atoms with Crippen LogP contribution in [0.4, 0.5) is 5.95 Å². The minimum atomic E-state index is -0.267. The van der Waals surface area contributed by atoms with Gasteiger partial charge in [0.2, 0.25) is 5.95 Å². The minimum absolute atomic E-state index is 0.0748. The van der Waals surface area contributed by atoms with Crippen LogP contribution in [0.1, 0.15) is 12.1 Å². The van der Waals surface area contributed by atoms with Gasteiger partial charge in [0.1, 0.15) is 0 Å². The smallest absolute Gasteiger partial charge is 0.223 e. The molecule has 4 aromatic rings. The highest BCUT2D eigenvalue weighted by Gasteiger charge is 2.13. The molecule has 2 heterocycles. The number of aryl methyl sites for hydroxylation is 1. The lowest BCUT2D eigenvalue weighted by atomic mass is 10.1. The summed E-state index contributed by atoms with van der Waals surface area (Å²) in [6, 6.07) is 18.2. The Bertz CT molecular complexity index is 1180. The molecule has 30 heavy (non-hydrogen) atoms. The molecule has 0 saturated heterocycles. The molecule has 2 aromatic heterocycles. The number of nitrogens with one attached hydrogen (secondary N) is 1. The molecule has 4 rings (SSSR count). The fraction of sp³-hybridized carbons (Fsp3) is 0.217. The van der Waals surface area contributed by atoms with Gasteiger partial charge in [-0.2, -0.15) is 5.26 Å². The third-order valence-corrected chi connectivity index (χ3v) is 4.88. The van der Waals surface area contributed by atoms with Crippen LogP contribution in [-0.2, 0) is 13.0 Å². The molecule has 7 heteroatoms. The Labute approximate surface area is 174 Å². The summed E-state index contributed by atoms with van der Waals surface area (Å²) in [4.78, 5) is 13.3. The van der Waals surface area contributed by atoms with Gasteiger partial charge in [-0.25, -0.2) is 15.0 Å². The first-order valence-electron chi connectivity index (χ1n) is 9.82. The molecule has 0 bridgehead atoms. The van der Waals surface area contributed by atoms with E-state index in [1.807, 2.05) is 35.0 Å². The zero-order valence-corrected chi connectivity index (χ0v) is 16.4. The molecule has 0 aliphatic rings. The number of nitrogens with zero attached hydrogens (tertiary/aromatic N) is 5. The van der Waals surface area contributed by atoms with E-state index in [0.717, 1.165) is 22.3 Å². The average Bonchev–Trinajstić information content (AvgIpc) is 3.24. The van der Waals surface area contributed by atoms with Gasteiger partial charge in [0.15, 0.2) is 0 Å². The SMILES string of the molecule is N#CCCn1cnc(C[C@@H](CO)Nc2nccc(-c3ccc4ccccc4c3)n2)c1. The molecule has 2 aromatic carbocycles. The molecule has 0 spiro atoms. The van der Waals surface area contributed by atoms with Gasteiger partial charge < -0.3 is 15.0 Å². The van der Waals surface area contributed by atoms with Crippen LogP contribution in [0.25, 0.3) is 22.0 Å². The summed E-state index contributed by atoms with van der Waals surface area (Å²) in [5.74, 6) is 0.462. The summed E-state index contributed by atoms with van der Waals surface area (Å²) in [5, 5.41) is 24.0. The fourth-order valence-electron chi connectivity index (χ4n) is 3.35. The van der Waals surface area contributed by atoms with Crippen molar-refractivity contribution in [3.63, 3.8) is 0 Å². The van der Waals surface area contributed by atoms with Crippen LogP contribution in [0.5, 0.6) is 0 Å². The number of fused-ring (bicyclic) bond motifs is 1. The van der Waals surface area contributed by atoms with Gasteiger partial charge >= 0.3 is 0 Å². The van der Waals surface area contributed by atoms with E-state index in [2.05, 4.69) is 50.6 Å². The summed E-state index contributed by atoms with van der Waals surface area (Å²) in [5.41, 5.74) is 2.66. The number of aliphatic hydroxyl groups is 1. The summed E-state index contributed by atoms with van der Waals surface area (Å²) >= 11 is 0. The van der Waals surface area contributed by atoms with Crippen molar-refractivity contribution in [2.24, 2.45) is 0 Å². The Hall–Kier alpha value is -3.76. The highest BCUT2D eigenvalue weighted by molar-refractivity contribution is 5.86. The Morgan fingerprint density at radius 2 is 1.97 bits per heavy atom. The lowest BCUT2D eigenvalue weighted by molar-refractivity contribution is 0.272. The fourth-order valence-corrected chi connectivity index (χ4v) is 3.35. The van der Waals surface area contributed by atoms with Crippen LogP contribution in [0, 0.1) is 11.3 Å². The topological polar surface area (TPSA) is 99.7 Å². The Balaban J connectivity index is 1.48. The number of rotatable bonds is 8. The first-order valence-corrected chi connectivity index (χ1v) is 9.82. The van der Waals surface area contributed by atoms with Gasteiger partial charge in [-0.1, -0.05) is 36.4 Å². The highest BCUT2D eigenvalue weighted by atomic mass is 16.3.